The quantitative estimate of drug-likeness (QED) is 0.887. The largest absolute Gasteiger partial charge is 0.366 e. The molecular formula is C17H20N4S. The van der Waals surface area contributed by atoms with Gasteiger partial charge >= 0.3 is 0 Å². The minimum atomic E-state index is 0.223. The van der Waals surface area contributed by atoms with Gasteiger partial charge in [-0.2, -0.15) is 0 Å². The lowest BCUT2D eigenvalue weighted by Crippen LogP contribution is -2.33. The summed E-state index contributed by atoms with van der Waals surface area (Å²) < 4.78 is 0. The van der Waals surface area contributed by atoms with Gasteiger partial charge in [0.15, 0.2) is 5.82 Å². The van der Waals surface area contributed by atoms with E-state index in [1.165, 1.54) is 5.56 Å². The van der Waals surface area contributed by atoms with E-state index < -0.39 is 0 Å². The monoisotopic (exact) mass is 312 g/mol. The maximum Gasteiger partial charge on any atom is 0.160 e. The Morgan fingerprint density at radius 1 is 1.23 bits per heavy atom. The first-order chi connectivity index (χ1) is 10.8. The van der Waals surface area contributed by atoms with Gasteiger partial charge in [0.25, 0.3) is 0 Å². The lowest BCUT2D eigenvalue weighted by Gasteiger charge is -2.11. The van der Waals surface area contributed by atoms with Crippen molar-refractivity contribution in [2.75, 3.05) is 6.54 Å². The predicted octanol–water partition coefficient (Wildman–Crippen LogP) is 3.23. The first-order valence-corrected chi connectivity index (χ1v) is 8.47. The van der Waals surface area contributed by atoms with Crippen LogP contribution in [-0.2, 0) is 6.42 Å². The first-order valence-electron chi connectivity index (χ1n) is 7.59. The van der Waals surface area contributed by atoms with Crippen molar-refractivity contribution in [3.8, 4) is 11.4 Å². The zero-order valence-electron chi connectivity index (χ0n) is 12.8. The Bertz CT molecular complexity index is 684. The van der Waals surface area contributed by atoms with E-state index in [1.54, 1.807) is 11.8 Å². The van der Waals surface area contributed by atoms with Crippen molar-refractivity contribution in [1.29, 1.82) is 0 Å². The molecule has 114 valence electrons. The second-order valence-corrected chi connectivity index (χ2v) is 6.15. The van der Waals surface area contributed by atoms with E-state index in [4.69, 9.17) is 4.98 Å². The molecule has 1 aliphatic rings. The zero-order valence-corrected chi connectivity index (χ0v) is 13.7. The minimum absolute atomic E-state index is 0.223. The fourth-order valence-corrected chi connectivity index (χ4v) is 3.45. The molecule has 0 saturated heterocycles. The third-order valence-corrected chi connectivity index (χ3v) is 4.67. The van der Waals surface area contributed by atoms with E-state index in [0.29, 0.717) is 0 Å². The van der Waals surface area contributed by atoms with Crippen molar-refractivity contribution in [3.05, 3.63) is 54.0 Å². The van der Waals surface area contributed by atoms with Crippen LogP contribution in [0.15, 0.2) is 42.7 Å². The van der Waals surface area contributed by atoms with Crippen LogP contribution < -0.4 is 10.6 Å². The summed E-state index contributed by atoms with van der Waals surface area (Å²) in [7, 11) is 0. The molecular weight excluding hydrogens is 292 g/mol. The van der Waals surface area contributed by atoms with Crippen molar-refractivity contribution in [3.63, 3.8) is 0 Å². The van der Waals surface area contributed by atoms with Gasteiger partial charge in [-0.05, 0) is 24.6 Å². The van der Waals surface area contributed by atoms with Crippen LogP contribution in [0.1, 0.15) is 25.1 Å². The highest BCUT2D eigenvalue weighted by Gasteiger charge is 2.19. The summed E-state index contributed by atoms with van der Waals surface area (Å²) in [6, 6.07) is 10.3. The molecule has 0 amide bonds. The van der Waals surface area contributed by atoms with Crippen LogP contribution in [0.4, 0.5) is 0 Å². The van der Waals surface area contributed by atoms with Crippen LogP contribution in [0.25, 0.3) is 16.3 Å². The Morgan fingerprint density at radius 2 is 2.09 bits per heavy atom. The number of aromatic nitrogens is 2. The number of nitrogens with one attached hydrogen (secondary N) is 2. The van der Waals surface area contributed by atoms with Crippen molar-refractivity contribution in [2.24, 2.45) is 0 Å². The molecule has 2 aromatic rings. The van der Waals surface area contributed by atoms with Crippen LogP contribution in [0.3, 0.4) is 0 Å². The fraction of sp³-hybridized carbons (Fsp3) is 0.294. The molecule has 0 bridgehead atoms. The summed E-state index contributed by atoms with van der Waals surface area (Å²) in [6.07, 6.45) is 4.84. The Morgan fingerprint density at radius 3 is 2.91 bits per heavy atom. The molecule has 1 aromatic heterocycles. The molecule has 1 unspecified atom stereocenters. The number of rotatable bonds is 5. The summed E-state index contributed by atoms with van der Waals surface area (Å²) in [5.74, 6) is 0.795. The molecule has 0 fully saturated rings. The van der Waals surface area contributed by atoms with E-state index in [2.05, 4.69) is 47.7 Å². The molecule has 22 heavy (non-hydrogen) atoms. The average molecular weight is 312 g/mol. The maximum absolute atomic E-state index is 4.76. The van der Waals surface area contributed by atoms with Crippen LogP contribution in [-0.4, -0.2) is 22.0 Å². The standard InChI is InChI=1S/C17H20N4S/c1-3-12-7-5-6-8-13(12)16-19-10-9-14(21-16)15-11-20-17(22-15)18-4-2/h5-11,17-18,20H,3-4H2,1-2H3. The van der Waals surface area contributed by atoms with Crippen LogP contribution in [0.2, 0.25) is 0 Å². The van der Waals surface area contributed by atoms with Crippen LogP contribution in [0, 0.1) is 0 Å². The topological polar surface area (TPSA) is 49.8 Å². The second-order valence-electron chi connectivity index (χ2n) is 5.01. The highest BCUT2D eigenvalue weighted by atomic mass is 32.2. The number of thioether (sulfide) groups is 1. The Hall–Kier alpha value is -1.85. The molecule has 0 spiro atoms. The molecule has 0 radical (unpaired) electrons. The van der Waals surface area contributed by atoms with Crippen LogP contribution in [0.5, 0.6) is 0 Å². The van der Waals surface area contributed by atoms with Crippen LogP contribution >= 0.6 is 11.8 Å². The summed E-state index contributed by atoms with van der Waals surface area (Å²) in [4.78, 5) is 10.4. The Balaban J connectivity index is 1.88. The normalized spacial score (nSPS) is 17.2. The highest BCUT2D eigenvalue weighted by Crippen LogP contribution is 2.32. The first kappa shape index (κ1) is 15.1. The number of hydrogen-bond donors (Lipinski definition) is 2. The third-order valence-electron chi connectivity index (χ3n) is 3.55. The molecule has 1 aromatic carbocycles. The number of benzene rings is 1. The maximum atomic E-state index is 4.76. The SMILES string of the molecule is CCNC1NC=C(c2ccnc(-c3ccccc3CC)n2)S1. The summed E-state index contributed by atoms with van der Waals surface area (Å²) in [6.45, 7) is 5.19. The van der Waals surface area contributed by atoms with Gasteiger partial charge in [0.1, 0.15) is 5.50 Å². The molecule has 4 nitrogen and oxygen atoms in total. The second kappa shape index (κ2) is 6.94. The Labute approximate surface area is 135 Å². The lowest BCUT2D eigenvalue weighted by atomic mass is 10.0. The molecule has 2 heterocycles. The van der Waals surface area contributed by atoms with E-state index in [9.17, 15) is 0 Å². The highest BCUT2D eigenvalue weighted by molar-refractivity contribution is 8.09. The van der Waals surface area contributed by atoms with E-state index in [-0.39, 0.29) is 5.50 Å². The van der Waals surface area contributed by atoms with E-state index in [1.807, 2.05) is 24.5 Å². The van der Waals surface area contributed by atoms with Crippen molar-refractivity contribution in [2.45, 2.75) is 25.8 Å². The summed E-state index contributed by atoms with van der Waals surface area (Å²) in [5, 5.41) is 6.68. The smallest absolute Gasteiger partial charge is 0.160 e. The van der Waals surface area contributed by atoms with Gasteiger partial charge in [-0.15, -0.1) is 0 Å². The fourth-order valence-electron chi connectivity index (χ4n) is 2.44. The molecule has 5 heteroatoms. The average Bonchev–Trinajstić information content (AvgIpc) is 3.04. The van der Waals surface area contributed by atoms with Crippen molar-refractivity contribution in [1.82, 2.24) is 20.6 Å². The third kappa shape index (κ3) is 3.15. The predicted molar refractivity (Wildman–Crippen MR) is 93.0 cm³/mol. The van der Waals surface area contributed by atoms with E-state index >= 15 is 0 Å². The molecule has 1 atom stereocenters. The Kier molecular flexibility index (Phi) is 4.75. The van der Waals surface area contributed by atoms with Crippen molar-refractivity contribution < 1.29 is 0 Å². The van der Waals surface area contributed by atoms with Gasteiger partial charge in [0.2, 0.25) is 0 Å². The molecule has 3 rings (SSSR count). The van der Waals surface area contributed by atoms with Crippen molar-refractivity contribution >= 4 is 16.7 Å². The summed E-state index contributed by atoms with van der Waals surface area (Å²) >= 11 is 1.75. The van der Waals surface area contributed by atoms with Gasteiger partial charge < -0.3 is 5.32 Å². The lowest BCUT2D eigenvalue weighted by molar-refractivity contribution is 0.638. The van der Waals surface area contributed by atoms with Gasteiger partial charge in [-0.1, -0.05) is 49.9 Å². The van der Waals surface area contributed by atoms with Gasteiger partial charge in [0, 0.05) is 18.0 Å². The number of nitrogens with zero attached hydrogens (tertiary/aromatic N) is 2. The van der Waals surface area contributed by atoms with E-state index in [0.717, 1.165) is 35.0 Å². The molecule has 0 aliphatic carbocycles. The van der Waals surface area contributed by atoms with Gasteiger partial charge in [-0.25, -0.2) is 9.97 Å². The molecule has 2 N–H and O–H groups in total. The summed E-state index contributed by atoms with van der Waals surface area (Å²) in [5.41, 5.74) is 3.58. The van der Waals surface area contributed by atoms with Gasteiger partial charge in [-0.3, -0.25) is 5.32 Å². The molecule has 0 saturated carbocycles. The molecule has 1 aliphatic heterocycles. The minimum Gasteiger partial charge on any atom is -0.366 e. The zero-order chi connectivity index (χ0) is 15.4. The number of hydrogen-bond acceptors (Lipinski definition) is 5. The van der Waals surface area contributed by atoms with Gasteiger partial charge in [0.05, 0.1) is 10.6 Å². The number of aryl methyl sites for hydroxylation is 1.